The van der Waals surface area contributed by atoms with Gasteiger partial charge in [-0.1, -0.05) is 54.6 Å². The third-order valence-electron chi connectivity index (χ3n) is 7.72. The zero-order valence-electron chi connectivity index (χ0n) is 24.5. The van der Waals surface area contributed by atoms with E-state index in [9.17, 15) is 9.59 Å². The van der Waals surface area contributed by atoms with E-state index in [1.165, 1.54) is 10.8 Å². The fourth-order valence-corrected chi connectivity index (χ4v) is 5.50. The molecule has 0 saturated carbocycles. The van der Waals surface area contributed by atoms with Crippen molar-refractivity contribution in [3.63, 3.8) is 0 Å². The van der Waals surface area contributed by atoms with Crippen LogP contribution in [0.4, 0.5) is 0 Å². The molecule has 5 rings (SSSR count). The number of benzene rings is 3. The average molecular weight is 588 g/mol. The van der Waals surface area contributed by atoms with Crippen molar-refractivity contribution in [3.8, 4) is 11.5 Å². The van der Waals surface area contributed by atoms with E-state index in [1.807, 2.05) is 78.9 Å². The molecule has 3 N–H and O–H groups in total. The lowest BCUT2D eigenvalue weighted by Crippen LogP contribution is -2.39. The second-order valence-electron chi connectivity index (χ2n) is 10.4. The lowest BCUT2D eigenvalue weighted by molar-refractivity contribution is -0.104. The second kappa shape index (κ2) is 13.4. The van der Waals surface area contributed by atoms with Crippen LogP contribution in [0.25, 0.3) is 0 Å². The first-order valence-electron chi connectivity index (χ1n) is 14.2. The second-order valence-corrected chi connectivity index (χ2v) is 10.4. The van der Waals surface area contributed by atoms with Gasteiger partial charge in [-0.15, -0.1) is 0 Å². The molecule has 43 heavy (non-hydrogen) atoms. The Hall–Kier alpha value is -4.22. The van der Waals surface area contributed by atoms with Crippen LogP contribution in [0.2, 0.25) is 0 Å². The van der Waals surface area contributed by atoms with Crippen molar-refractivity contribution in [2.24, 2.45) is 5.73 Å². The van der Waals surface area contributed by atoms with Gasteiger partial charge in [0.1, 0.15) is 29.4 Å². The van der Waals surface area contributed by atoms with Crippen molar-refractivity contribution >= 4 is 0 Å². The van der Waals surface area contributed by atoms with Gasteiger partial charge < -0.3 is 29.4 Å². The SMILES string of the molecule is COc1ccc(C(OC[C@H]2O[C@@H](n3cc(C)c(=O)[nH]c3=O)C[C@@H]2OCCN)(c2ccccc2)c2ccc(OC)cc2)cc1. The van der Waals surface area contributed by atoms with E-state index in [0.717, 1.165) is 28.2 Å². The highest BCUT2D eigenvalue weighted by molar-refractivity contribution is 5.49. The molecule has 0 bridgehead atoms. The first-order chi connectivity index (χ1) is 20.9. The maximum Gasteiger partial charge on any atom is 0.330 e. The standard InChI is InChI=1S/C33H37N3O7/c1-22-20-36(32(38)35-31(22)37)30-19-28(41-18-17-34)29(43-30)21-42-33(23-7-5-4-6-8-23,24-9-13-26(39-2)14-10-24)25-11-15-27(40-3)16-12-25/h4-16,20,28-30H,17-19,21,34H2,1-3H3,(H,35,37,38)/t28-,29+,30+/m0/s1. The first-order valence-corrected chi connectivity index (χ1v) is 14.2. The van der Waals surface area contributed by atoms with Crippen LogP contribution in [0, 0.1) is 6.92 Å². The maximum atomic E-state index is 12.7. The van der Waals surface area contributed by atoms with Gasteiger partial charge in [0.25, 0.3) is 5.56 Å². The highest BCUT2D eigenvalue weighted by Crippen LogP contribution is 2.43. The zero-order chi connectivity index (χ0) is 30.4. The predicted octanol–water partition coefficient (Wildman–Crippen LogP) is 3.50. The highest BCUT2D eigenvalue weighted by atomic mass is 16.6. The van der Waals surface area contributed by atoms with Crippen molar-refractivity contribution in [2.75, 3.05) is 34.0 Å². The molecule has 1 aliphatic rings. The van der Waals surface area contributed by atoms with Gasteiger partial charge in [-0.05, 0) is 47.9 Å². The van der Waals surface area contributed by atoms with Crippen LogP contribution in [0.15, 0.2) is 94.6 Å². The molecule has 1 aromatic heterocycles. The number of H-pyrrole nitrogens is 1. The first kappa shape index (κ1) is 30.2. The van der Waals surface area contributed by atoms with Gasteiger partial charge in [-0.3, -0.25) is 14.3 Å². The minimum Gasteiger partial charge on any atom is -0.497 e. The molecule has 1 saturated heterocycles. The number of aromatic nitrogens is 2. The summed E-state index contributed by atoms with van der Waals surface area (Å²) in [6.07, 6.45) is 0.275. The lowest BCUT2D eigenvalue weighted by atomic mass is 9.80. The number of methoxy groups -OCH3 is 2. The van der Waals surface area contributed by atoms with Gasteiger partial charge in [-0.2, -0.15) is 0 Å². The number of nitrogens with zero attached hydrogens (tertiary/aromatic N) is 1. The van der Waals surface area contributed by atoms with E-state index in [4.69, 9.17) is 29.4 Å². The Morgan fingerprint density at radius 2 is 1.49 bits per heavy atom. The number of hydrogen-bond donors (Lipinski definition) is 2. The number of ether oxygens (including phenoxy) is 5. The summed E-state index contributed by atoms with van der Waals surface area (Å²) in [5, 5.41) is 0. The Balaban J connectivity index is 1.56. The summed E-state index contributed by atoms with van der Waals surface area (Å²) >= 11 is 0. The Morgan fingerprint density at radius 3 is 2.05 bits per heavy atom. The number of hydrogen-bond acceptors (Lipinski definition) is 8. The molecule has 0 amide bonds. The zero-order valence-corrected chi connectivity index (χ0v) is 24.5. The van der Waals surface area contributed by atoms with Crippen molar-refractivity contribution < 1.29 is 23.7 Å². The Morgan fingerprint density at radius 1 is 0.907 bits per heavy atom. The molecule has 0 spiro atoms. The number of nitrogens with one attached hydrogen (secondary N) is 1. The minimum absolute atomic E-state index is 0.121. The summed E-state index contributed by atoms with van der Waals surface area (Å²) in [5.74, 6) is 1.44. The molecule has 0 aliphatic carbocycles. The van der Waals surface area contributed by atoms with Gasteiger partial charge in [-0.25, -0.2) is 4.79 Å². The van der Waals surface area contributed by atoms with Crippen molar-refractivity contribution in [2.45, 2.75) is 37.4 Å². The predicted molar refractivity (Wildman–Crippen MR) is 162 cm³/mol. The Kier molecular flexibility index (Phi) is 9.42. The van der Waals surface area contributed by atoms with Crippen LogP contribution < -0.4 is 26.5 Å². The molecule has 3 atom stereocenters. The largest absolute Gasteiger partial charge is 0.497 e. The molecule has 1 aliphatic heterocycles. The molecule has 4 aromatic rings. The van der Waals surface area contributed by atoms with Gasteiger partial charge in [0.05, 0.1) is 33.5 Å². The van der Waals surface area contributed by atoms with E-state index in [1.54, 1.807) is 21.1 Å². The number of aromatic amines is 1. The van der Waals surface area contributed by atoms with Crippen LogP contribution in [0.3, 0.4) is 0 Å². The average Bonchev–Trinajstić information content (AvgIpc) is 3.45. The van der Waals surface area contributed by atoms with Gasteiger partial charge in [0.15, 0.2) is 0 Å². The Labute approximate surface area is 249 Å². The van der Waals surface area contributed by atoms with Crippen molar-refractivity contribution in [1.82, 2.24) is 9.55 Å². The van der Waals surface area contributed by atoms with E-state index < -0.39 is 35.3 Å². The summed E-state index contributed by atoms with van der Waals surface area (Å²) in [6.45, 7) is 2.41. The van der Waals surface area contributed by atoms with E-state index >= 15 is 0 Å². The fourth-order valence-electron chi connectivity index (χ4n) is 5.50. The van der Waals surface area contributed by atoms with Crippen LogP contribution in [-0.4, -0.2) is 55.7 Å². The summed E-state index contributed by atoms with van der Waals surface area (Å²) < 4.78 is 31.8. The van der Waals surface area contributed by atoms with Gasteiger partial charge in [0, 0.05) is 24.7 Å². The van der Waals surface area contributed by atoms with Crippen molar-refractivity contribution in [1.29, 1.82) is 0 Å². The quantitative estimate of drug-likeness (QED) is 0.241. The number of rotatable bonds is 12. The third-order valence-corrected chi connectivity index (χ3v) is 7.72. The Bertz CT molecular complexity index is 1550. The molecule has 10 nitrogen and oxygen atoms in total. The van der Waals surface area contributed by atoms with E-state index in [-0.39, 0.29) is 6.61 Å². The van der Waals surface area contributed by atoms with Crippen LogP contribution in [-0.2, 0) is 19.8 Å². The third kappa shape index (κ3) is 6.28. The maximum absolute atomic E-state index is 12.7. The molecule has 10 heteroatoms. The van der Waals surface area contributed by atoms with Gasteiger partial charge in [0.2, 0.25) is 0 Å². The van der Waals surface area contributed by atoms with E-state index in [0.29, 0.717) is 25.1 Å². The molecular weight excluding hydrogens is 550 g/mol. The summed E-state index contributed by atoms with van der Waals surface area (Å²) in [4.78, 5) is 27.0. The smallest absolute Gasteiger partial charge is 0.330 e. The summed E-state index contributed by atoms with van der Waals surface area (Å²) in [7, 11) is 3.26. The molecule has 226 valence electrons. The van der Waals surface area contributed by atoms with Crippen molar-refractivity contribution in [3.05, 3.63) is 128 Å². The molecule has 3 aromatic carbocycles. The van der Waals surface area contributed by atoms with Crippen LogP contribution in [0.1, 0.15) is 34.9 Å². The van der Waals surface area contributed by atoms with E-state index in [2.05, 4.69) is 4.98 Å². The molecule has 0 unspecified atom stereocenters. The normalized spacial score (nSPS) is 18.5. The van der Waals surface area contributed by atoms with Crippen LogP contribution >= 0.6 is 0 Å². The topological polar surface area (TPSA) is 127 Å². The van der Waals surface area contributed by atoms with Gasteiger partial charge >= 0.3 is 5.69 Å². The highest BCUT2D eigenvalue weighted by Gasteiger charge is 2.43. The minimum atomic E-state index is -1.05. The fraction of sp³-hybridized carbons (Fsp3) is 0.333. The summed E-state index contributed by atoms with van der Waals surface area (Å²) in [6, 6.07) is 25.5. The monoisotopic (exact) mass is 587 g/mol. The summed E-state index contributed by atoms with van der Waals surface area (Å²) in [5.41, 5.74) is 6.82. The van der Waals surface area contributed by atoms with Crippen LogP contribution in [0.5, 0.6) is 11.5 Å². The molecular formula is C33H37N3O7. The number of aryl methyl sites for hydroxylation is 1. The number of nitrogens with two attached hydrogens (primary N) is 1. The lowest BCUT2D eigenvalue weighted by Gasteiger charge is -2.37. The molecule has 1 fully saturated rings. The molecule has 2 heterocycles. The molecule has 0 radical (unpaired) electrons.